The minimum absolute atomic E-state index is 0.432. The van der Waals surface area contributed by atoms with Crippen LogP contribution in [0, 0.1) is 4.91 Å². The summed E-state index contributed by atoms with van der Waals surface area (Å²) in [5.41, 5.74) is 1.77. The molecule has 1 unspecified atom stereocenters. The van der Waals surface area contributed by atoms with Crippen LogP contribution in [0.2, 0.25) is 0 Å². The topological polar surface area (TPSA) is 59.2 Å². The third kappa shape index (κ3) is 2.42. The Balaban J connectivity index is 2.02. The SMILES string of the molecule is CO[N+](=O)c1cccc(C2(C)Cn3ncc(Br)c3C(=S)N2)c1. The lowest BCUT2D eigenvalue weighted by molar-refractivity contribution is -0.736. The molecule has 1 aromatic heterocycles. The molecule has 6 nitrogen and oxygen atoms in total. The van der Waals surface area contributed by atoms with Crippen LogP contribution in [0.4, 0.5) is 5.69 Å². The predicted molar refractivity (Wildman–Crippen MR) is 88.9 cm³/mol. The summed E-state index contributed by atoms with van der Waals surface area (Å²) in [5, 5.41) is 7.70. The smallest absolute Gasteiger partial charge is 0.317 e. The highest BCUT2D eigenvalue weighted by Gasteiger charge is 2.36. The molecule has 0 spiro atoms. The largest absolute Gasteiger partial charge is 0.363 e. The molecule has 0 radical (unpaired) electrons. The van der Waals surface area contributed by atoms with Crippen LogP contribution in [-0.4, -0.2) is 26.8 Å². The number of nitrogens with one attached hydrogen (secondary N) is 1. The minimum atomic E-state index is -0.458. The van der Waals surface area contributed by atoms with E-state index in [1.54, 1.807) is 18.3 Å². The average molecular weight is 382 g/mol. The second-order valence-electron chi connectivity index (χ2n) is 5.28. The van der Waals surface area contributed by atoms with Crippen molar-refractivity contribution in [3.63, 3.8) is 0 Å². The Labute approximate surface area is 141 Å². The maximum absolute atomic E-state index is 11.6. The first-order valence-corrected chi connectivity index (χ1v) is 7.80. The van der Waals surface area contributed by atoms with Crippen molar-refractivity contribution in [1.29, 1.82) is 0 Å². The molecule has 2 aromatic rings. The number of fused-ring (bicyclic) bond motifs is 1. The van der Waals surface area contributed by atoms with Crippen LogP contribution in [0.5, 0.6) is 0 Å². The van der Waals surface area contributed by atoms with E-state index in [0.29, 0.717) is 22.1 Å². The number of halogens is 1. The summed E-state index contributed by atoms with van der Waals surface area (Å²) in [4.78, 5) is 17.4. The van der Waals surface area contributed by atoms with Gasteiger partial charge in [0.15, 0.2) is 7.11 Å². The molecule has 1 aliphatic rings. The number of thiocarbonyl (C=S) groups is 1. The summed E-state index contributed by atoms with van der Waals surface area (Å²) in [6, 6.07) is 7.25. The third-order valence-electron chi connectivity index (χ3n) is 3.73. The van der Waals surface area contributed by atoms with Gasteiger partial charge in [-0.25, -0.2) is 4.84 Å². The summed E-state index contributed by atoms with van der Waals surface area (Å²) in [7, 11) is 1.34. The van der Waals surface area contributed by atoms with Crippen molar-refractivity contribution in [2.75, 3.05) is 7.11 Å². The van der Waals surface area contributed by atoms with E-state index in [1.165, 1.54) is 7.11 Å². The zero-order valence-electron chi connectivity index (χ0n) is 12.0. The number of benzene rings is 1. The highest BCUT2D eigenvalue weighted by atomic mass is 79.9. The van der Waals surface area contributed by atoms with Gasteiger partial charge in [-0.15, -0.1) is 0 Å². The van der Waals surface area contributed by atoms with Crippen molar-refractivity contribution >= 4 is 38.8 Å². The molecule has 1 aromatic carbocycles. The molecule has 0 aliphatic carbocycles. The van der Waals surface area contributed by atoms with Crippen LogP contribution in [0.1, 0.15) is 18.2 Å². The van der Waals surface area contributed by atoms with Gasteiger partial charge >= 0.3 is 5.69 Å². The van der Waals surface area contributed by atoms with E-state index in [-0.39, 0.29) is 0 Å². The molecule has 0 amide bonds. The number of rotatable bonds is 3. The fourth-order valence-corrected chi connectivity index (χ4v) is 3.65. The molecule has 0 saturated carbocycles. The summed E-state index contributed by atoms with van der Waals surface area (Å²) in [5.74, 6) is 0. The monoisotopic (exact) mass is 381 g/mol. The summed E-state index contributed by atoms with van der Waals surface area (Å²) >= 11 is 8.91. The van der Waals surface area contributed by atoms with E-state index < -0.39 is 5.54 Å². The van der Waals surface area contributed by atoms with Gasteiger partial charge in [-0.2, -0.15) is 5.10 Å². The summed E-state index contributed by atoms with van der Waals surface area (Å²) < 4.78 is 2.73. The number of hydrogen-bond acceptors (Lipinski definition) is 4. The fourth-order valence-electron chi connectivity index (χ4n) is 2.59. The van der Waals surface area contributed by atoms with Crippen molar-refractivity contribution in [3.8, 4) is 0 Å². The fraction of sp³-hybridized carbons (Fsp3) is 0.286. The molecule has 0 saturated heterocycles. The van der Waals surface area contributed by atoms with Gasteiger partial charge in [-0.05, 0) is 28.4 Å². The molecule has 8 heteroatoms. The Hall–Kier alpha value is -1.80. The lowest BCUT2D eigenvalue weighted by atomic mass is 9.90. The van der Waals surface area contributed by atoms with Crippen molar-refractivity contribution in [2.45, 2.75) is 19.0 Å². The highest BCUT2D eigenvalue weighted by molar-refractivity contribution is 9.10. The van der Waals surface area contributed by atoms with Crippen LogP contribution in [0.15, 0.2) is 34.9 Å². The first-order chi connectivity index (χ1) is 10.4. The quantitative estimate of drug-likeness (QED) is 0.654. The zero-order chi connectivity index (χ0) is 15.9. The standard InChI is InChI=1S/C14H13BrN4O2S/c1-14(9-4-3-5-10(6-9)19(20)21-2)8-18-12(13(22)17-14)11(15)7-16-18/h3-7H,8H2,1-2H3/p+1. The van der Waals surface area contributed by atoms with E-state index in [1.807, 2.05) is 23.7 Å². The molecule has 114 valence electrons. The Morgan fingerprint density at radius 2 is 2.32 bits per heavy atom. The first kappa shape index (κ1) is 15.1. The second-order valence-corrected chi connectivity index (χ2v) is 6.54. The van der Waals surface area contributed by atoms with Crippen LogP contribution in [-0.2, 0) is 16.9 Å². The Morgan fingerprint density at radius 1 is 1.55 bits per heavy atom. The van der Waals surface area contributed by atoms with Crippen LogP contribution >= 0.6 is 28.1 Å². The van der Waals surface area contributed by atoms with Crippen molar-refractivity contribution in [3.05, 3.63) is 51.1 Å². The average Bonchev–Trinajstić information content (AvgIpc) is 2.87. The Morgan fingerprint density at radius 3 is 3.05 bits per heavy atom. The van der Waals surface area contributed by atoms with E-state index in [9.17, 15) is 4.91 Å². The van der Waals surface area contributed by atoms with Gasteiger partial charge in [0.05, 0.1) is 27.7 Å². The lowest BCUT2D eigenvalue weighted by Crippen LogP contribution is -2.51. The molecule has 1 N–H and O–H groups in total. The lowest BCUT2D eigenvalue weighted by Gasteiger charge is -2.36. The Kier molecular flexibility index (Phi) is 3.73. The van der Waals surface area contributed by atoms with Gasteiger partial charge in [0.25, 0.3) is 4.92 Å². The first-order valence-electron chi connectivity index (χ1n) is 6.60. The molecule has 22 heavy (non-hydrogen) atoms. The molecule has 1 aliphatic heterocycles. The van der Waals surface area contributed by atoms with E-state index in [4.69, 9.17) is 17.1 Å². The van der Waals surface area contributed by atoms with E-state index in [2.05, 4.69) is 26.3 Å². The number of aromatic nitrogens is 2. The van der Waals surface area contributed by atoms with Crippen molar-refractivity contribution in [2.24, 2.45) is 0 Å². The zero-order valence-corrected chi connectivity index (χ0v) is 14.4. The second kappa shape index (κ2) is 5.44. The molecular formula is C14H14BrN4O2S+. The summed E-state index contributed by atoms with van der Waals surface area (Å²) in [6.45, 7) is 2.63. The van der Waals surface area contributed by atoms with Gasteiger partial charge in [0.2, 0.25) is 0 Å². The van der Waals surface area contributed by atoms with Crippen molar-refractivity contribution < 1.29 is 9.76 Å². The highest BCUT2D eigenvalue weighted by Crippen LogP contribution is 2.32. The molecule has 1 atom stereocenters. The normalized spacial score (nSPS) is 20.2. The molecule has 0 fully saturated rings. The molecular weight excluding hydrogens is 368 g/mol. The number of hydrogen-bond donors (Lipinski definition) is 1. The van der Waals surface area contributed by atoms with E-state index >= 15 is 0 Å². The van der Waals surface area contributed by atoms with Gasteiger partial charge in [0.1, 0.15) is 10.7 Å². The van der Waals surface area contributed by atoms with Crippen LogP contribution in [0.3, 0.4) is 0 Å². The van der Waals surface area contributed by atoms with Gasteiger partial charge in [-0.1, -0.05) is 24.4 Å². The van der Waals surface area contributed by atoms with Gasteiger partial charge in [0, 0.05) is 12.1 Å². The molecule has 0 bridgehead atoms. The maximum atomic E-state index is 11.6. The summed E-state index contributed by atoms with van der Waals surface area (Å²) in [6.07, 6.45) is 1.73. The van der Waals surface area contributed by atoms with Gasteiger partial charge in [-0.3, -0.25) is 4.68 Å². The predicted octanol–water partition coefficient (Wildman–Crippen LogP) is 2.81. The number of nitrogens with zero attached hydrogens (tertiary/aromatic N) is 3. The molecule has 2 heterocycles. The van der Waals surface area contributed by atoms with Crippen LogP contribution in [0.25, 0.3) is 0 Å². The van der Waals surface area contributed by atoms with Gasteiger partial charge < -0.3 is 5.32 Å². The van der Waals surface area contributed by atoms with Crippen molar-refractivity contribution in [1.82, 2.24) is 15.1 Å². The Bertz CT molecular complexity index is 776. The maximum Gasteiger partial charge on any atom is 0.317 e. The van der Waals surface area contributed by atoms with Crippen LogP contribution < -0.4 is 5.32 Å². The minimum Gasteiger partial charge on any atom is -0.363 e. The third-order valence-corrected chi connectivity index (χ3v) is 4.60. The molecule has 3 rings (SSSR count). The van der Waals surface area contributed by atoms with E-state index in [0.717, 1.165) is 15.7 Å².